The van der Waals surface area contributed by atoms with E-state index < -0.39 is 18.1 Å². The molecular weight excluding hydrogens is 478 g/mol. The summed E-state index contributed by atoms with van der Waals surface area (Å²) in [4.78, 5) is 24.6. The van der Waals surface area contributed by atoms with E-state index in [9.17, 15) is 14.7 Å². The number of hydrogen-bond donors (Lipinski definition) is 3. The SMILES string of the molecule is O=C(N[C@@H](Cc1ccc(-c2n[nH]c3ccccc23)cc1)C(=O)O)OCC1c2ccccc2-c2ccccc21. The average molecular weight is 504 g/mol. The number of carbonyl (C=O) groups is 2. The number of amides is 1. The van der Waals surface area contributed by atoms with Crippen molar-refractivity contribution < 1.29 is 19.4 Å². The number of carboxylic acid groups (broad SMARTS) is 1. The van der Waals surface area contributed by atoms with Gasteiger partial charge in [0.2, 0.25) is 0 Å². The van der Waals surface area contributed by atoms with Crippen LogP contribution in [0.1, 0.15) is 22.6 Å². The number of aromatic nitrogens is 2. The van der Waals surface area contributed by atoms with E-state index in [2.05, 4.69) is 27.6 Å². The molecular formula is C31H25N3O4. The van der Waals surface area contributed by atoms with Crippen LogP contribution in [0.15, 0.2) is 97.1 Å². The van der Waals surface area contributed by atoms with Crippen LogP contribution in [-0.4, -0.2) is 40.0 Å². The number of benzene rings is 4. The highest BCUT2D eigenvalue weighted by atomic mass is 16.5. The number of nitrogens with zero attached hydrogens (tertiary/aromatic N) is 1. The lowest BCUT2D eigenvalue weighted by atomic mass is 9.98. The fourth-order valence-electron chi connectivity index (χ4n) is 5.20. The first-order valence-corrected chi connectivity index (χ1v) is 12.5. The van der Waals surface area contributed by atoms with Gasteiger partial charge < -0.3 is 15.2 Å². The molecule has 0 radical (unpaired) electrons. The van der Waals surface area contributed by atoms with Crippen LogP contribution in [0.5, 0.6) is 0 Å². The molecule has 6 rings (SSSR count). The zero-order chi connectivity index (χ0) is 26.1. The lowest BCUT2D eigenvalue weighted by molar-refractivity contribution is -0.139. The van der Waals surface area contributed by atoms with Crippen molar-refractivity contribution in [3.63, 3.8) is 0 Å². The Balaban J connectivity index is 1.11. The number of alkyl carbamates (subject to hydrolysis) is 1. The summed E-state index contributed by atoms with van der Waals surface area (Å²) in [5, 5.41) is 20.7. The van der Waals surface area contributed by atoms with Gasteiger partial charge >= 0.3 is 12.1 Å². The van der Waals surface area contributed by atoms with Crippen molar-refractivity contribution in [2.75, 3.05) is 6.61 Å². The first-order valence-electron chi connectivity index (χ1n) is 12.5. The molecule has 0 aliphatic heterocycles. The Bertz CT molecular complexity index is 1600. The molecule has 0 fully saturated rings. The number of hydrogen-bond acceptors (Lipinski definition) is 4. The molecule has 7 nitrogen and oxygen atoms in total. The molecule has 4 aromatic carbocycles. The van der Waals surface area contributed by atoms with Crippen LogP contribution in [0.25, 0.3) is 33.3 Å². The van der Waals surface area contributed by atoms with Gasteiger partial charge in [0.1, 0.15) is 12.6 Å². The van der Waals surface area contributed by atoms with Crippen LogP contribution in [0.3, 0.4) is 0 Å². The monoisotopic (exact) mass is 503 g/mol. The number of para-hydroxylation sites is 1. The normalized spacial score (nSPS) is 13.1. The Hall–Kier alpha value is -4.91. The second kappa shape index (κ2) is 9.86. The molecule has 188 valence electrons. The maximum Gasteiger partial charge on any atom is 0.407 e. The molecule has 38 heavy (non-hydrogen) atoms. The van der Waals surface area contributed by atoms with Gasteiger partial charge in [-0.25, -0.2) is 9.59 Å². The van der Waals surface area contributed by atoms with Crippen molar-refractivity contribution in [1.29, 1.82) is 0 Å². The van der Waals surface area contributed by atoms with Crippen molar-refractivity contribution in [3.05, 3.63) is 114 Å². The molecule has 7 heteroatoms. The number of fused-ring (bicyclic) bond motifs is 4. The number of H-pyrrole nitrogens is 1. The van der Waals surface area contributed by atoms with Crippen LogP contribution in [0, 0.1) is 0 Å². The summed E-state index contributed by atoms with van der Waals surface area (Å²) in [6, 6.07) is 30.4. The van der Waals surface area contributed by atoms with Gasteiger partial charge in [-0.2, -0.15) is 5.10 Å². The average Bonchev–Trinajstić information content (AvgIpc) is 3.51. The molecule has 0 spiro atoms. The number of aromatic amines is 1. The number of rotatable bonds is 7. The zero-order valence-corrected chi connectivity index (χ0v) is 20.4. The van der Waals surface area contributed by atoms with Gasteiger partial charge in [-0.05, 0) is 33.9 Å². The van der Waals surface area contributed by atoms with Crippen LogP contribution >= 0.6 is 0 Å². The Kier molecular flexibility index (Phi) is 6.09. The van der Waals surface area contributed by atoms with Crippen LogP contribution in [0.2, 0.25) is 0 Å². The van der Waals surface area contributed by atoms with Crippen molar-refractivity contribution >= 4 is 23.0 Å². The van der Waals surface area contributed by atoms with E-state index in [1.807, 2.05) is 84.9 Å². The number of ether oxygens (including phenoxy) is 1. The molecule has 1 atom stereocenters. The van der Waals surface area contributed by atoms with Gasteiger partial charge in [0, 0.05) is 23.3 Å². The third kappa shape index (κ3) is 4.39. The Labute approximate surface area is 219 Å². The second-order valence-electron chi connectivity index (χ2n) is 9.38. The summed E-state index contributed by atoms with van der Waals surface area (Å²) in [7, 11) is 0. The molecule has 5 aromatic rings. The summed E-state index contributed by atoms with van der Waals surface area (Å²) in [6.07, 6.45) is -0.625. The lowest BCUT2D eigenvalue weighted by Crippen LogP contribution is -2.42. The first-order chi connectivity index (χ1) is 18.6. The predicted molar refractivity (Wildman–Crippen MR) is 145 cm³/mol. The minimum Gasteiger partial charge on any atom is -0.480 e. The minimum atomic E-state index is -1.12. The molecule has 1 amide bonds. The van der Waals surface area contributed by atoms with Crippen LogP contribution < -0.4 is 5.32 Å². The van der Waals surface area contributed by atoms with E-state index in [4.69, 9.17) is 4.74 Å². The highest BCUT2D eigenvalue weighted by Gasteiger charge is 2.29. The molecule has 0 saturated carbocycles. The maximum atomic E-state index is 12.7. The summed E-state index contributed by atoms with van der Waals surface area (Å²) in [6.45, 7) is 0.124. The summed E-state index contributed by atoms with van der Waals surface area (Å²) < 4.78 is 5.54. The quantitative estimate of drug-likeness (QED) is 0.262. The first kappa shape index (κ1) is 23.5. The zero-order valence-electron chi connectivity index (χ0n) is 20.4. The minimum absolute atomic E-state index is 0.0953. The van der Waals surface area contributed by atoms with Gasteiger partial charge in [-0.1, -0.05) is 91.0 Å². The molecule has 1 heterocycles. The van der Waals surface area contributed by atoms with Gasteiger partial charge in [0.05, 0.1) is 11.2 Å². The van der Waals surface area contributed by atoms with E-state index in [0.717, 1.165) is 50.0 Å². The van der Waals surface area contributed by atoms with Crippen LogP contribution in [-0.2, 0) is 16.0 Å². The fraction of sp³-hybridized carbons (Fsp3) is 0.129. The summed E-state index contributed by atoms with van der Waals surface area (Å²) >= 11 is 0. The molecule has 3 N–H and O–H groups in total. The standard InChI is InChI=1S/C31H25N3O4/c35-30(36)28(17-19-13-15-20(16-14-19)29-25-11-5-6-12-27(25)33-34-29)32-31(37)38-18-26-23-9-3-1-7-21(23)22-8-2-4-10-24(22)26/h1-16,26,28H,17-18H2,(H,32,37)(H,33,34)(H,35,36)/t28-/m0/s1. The number of nitrogens with one attached hydrogen (secondary N) is 2. The van der Waals surface area contributed by atoms with Crippen LogP contribution in [0.4, 0.5) is 4.79 Å². The maximum absolute atomic E-state index is 12.7. The predicted octanol–water partition coefficient (Wildman–Crippen LogP) is 5.76. The Morgan fingerprint density at radius 3 is 2.18 bits per heavy atom. The Morgan fingerprint density at radius 2 is 1.50 bits per heavy atom. The third-order valence-electron chi connectivity index (χ3n) is 7.07. The van der Waals surface area contributed by atoms with Gasteiger partial charge in [0.25, 0.3) is 0 Å². The highest BCUT2D eigenvalue weighted by molar-refractivity contribution is 5.92. The number of carbonyl (C=O) groups excluding carboxylic acids is 1. The molecule has 1 aliphatic carbocycles. The molecule has 0 saturated heterocycles. The van der Waals surface area contributed by atoms with Crippen molar-refractivity contribution in [3.8, 4) is 22.4 Å². The van der Waals surface area contributed by atoms with E-state index in [1.54, 1.807) is 0 Å². The topological polar surface area (TPSA) is 104 Å². The van der Waals surface area contributed by atoms with Crippen molar-refractivity contribution in [2.45, 2.75) is 18.4 Å². The van der Waals surface area contributed by atoms with E-state index in [0.29, 0.717) is 0 Å². The fourth-order valence-corrected chi connectivity index (χ4v) is 5.20. The molecule has 1 aromatic heterocycles. The van der Waals surface area contributed by atoms with Crippen molar-refractivity contribution in [1.82, 2.24) is 15.5 Å². The van der Waals surface area contributed by atoms with Gasteiger partial charge in [-0.15, -0.1) is 0 Å². The summed E-state index contributed by atoms with van der Waals surface area (Å²) in [5.41, 5.74) is 7.94. The third-order valence-corrected chi connectivity index (χ3v) is 7.07. The highest BCUT2D eigenvalue weighted by Crippen LogP contribution is 2.44. The molecule has 0 unspecified atom stereocenters. The summed E-state index contributed by atoms with van der Waals surface area (Å²) in [5.74, 6) is -1.22. The smallest absolute Gasteiger partial charge is 0.407 e. The molecule has 1 aliphatic rings. The van der Waals surface area contributed by atoms with Gasteiger partial charge in [-0.3, -0.25) is 5.10 Å². The number of carboxylic acids is 1. The number of aliphatic carboxylic acids is 1. The van der Waals surface area contributed by atoms with Gasteiger partial charge in [0.15, 0.2) is 0 Å². The second-order valence-corrected chi connectivity index (χ2v) is 9.38. The van der Waals surface area contributed by atoms with Crippen molar-refractivity contribution in [2.24, 2.45) is 0 Å². The lowest BCUT2D eigenvalue weighted by Gasteiger charge is -2.17. The Morgan fingerprint density at radius 1 is 0.868 bits per heavy atom. The van der Waals surface area contributed by atoms with E-state index in [1.165, 1.54) is 0 Å². The van der Waals surface area contributed by atoms with E-state index in [-0.39, 0.29) is 18.9 Å². The molecule has 0 bridgehead atoms. The van der Waals surface area contributed by atoms with E-state index >= 15 is 0 Å². The largest absolute Gasteiger partial charge is 0.480 e.